The number of rotatable bonds is 3. The van der Waals surface area contributed by atoms with Crippen LogP contribution in [0.4, 0.5) is 0 Å². The maximum atomic E-state index is 2.37. The van der Waals surface area contributed by atoms with Crippen LogP contribution in [-0.4, -0.2) is 0 Å². The van der Waals surface area contributed by atoms with Gasteiger partial charge in [-0.05, 0) is 23.7 Å². The number of hydrogen-bond donors (Lipinski definition) is 0. The van der Waals surface area contributed by atoms with E-state index in [-0.39, 0.29) is 0 Å². The zero-order chi connectivity index (χ0) is 9.07. The minimum absolute atomic E-state index is 0.490. The highest BCUT2D eigenvalue weighted by Crippen LogP contribution is 2.31. The first-order chi connectivity index (χ1) is 4.88. The average molecular weight is 156 g/mol. The predicted octanol–water partition coefficient (Wildman–Crippen LogP) is 4.10. The Morgan fingerprint density at radius 1 is 1.09 bits per heavy atom. The van der Waals surface area contributed by atoms with E-state index < -0.39 is 0 Å². The van der Waals surface area contributed by atoms with E-state index in [4.69, 9.17) is 0 Å². The highest BCUT2D eigenvalue weighted by Gasteiger charge is 2.20. The summed E-state index contributed by atoms with van der Waals surface area (Å²) in [6, 6.07) is 0. The van der Waals surface area contributed by atoms with E-state index >= 15 is 0 Å². The van der Waals surface area contributed by atoms with E-state index in [9.17, 15) is 0 Å². The lowest BCUT2D eigenvalue weighted by molar-refractivity contribution is 0.217. The van der Waals surface area contributed by atoms with Crippen LogP contribution in [0.25, 0.3) is 0 Å². The van der Waals surface area contributed by atoms with Crippen molar-refractivity contribution in [1.82, 2.24) is 0 Å². The van der Waals surface area contributed by atoms with Gasteiger partial charge in [-0.25, -0.2) is 0 Å². The Balaban J connectivity index is 3.77. The van der Waals surface area contributed by atoms with Gasteiger partial charge < -0.3 is 0 Å². The fraction of sp³-hybridized carbons (Fsp3) is 1.00. The minimum Gasteiger partial charge on any atom is -0.0651 e. The molecule has 0 N–H and O–H groups in total. The van der Waals surface area contributed by atoms with E-state index in [1.54, 1.807) is 0 Å². The molecule has 68 valence electrons. The van der Waals surface area contributed by atoms with Crippen LogP contribution < -0.4 is 0 Å². The van der Waals surface area contributed by atoms with Crippen LogP contribution in [0.1, 0.15) is 54.4 Å². The molecule has 2 atom stereocenters. The van der Waals surface area contributed by atoms with Crippen molar-refractivity contribution in [1.29, 1.82) is 0 Å². The maximum Gasteiger partial charge on any atom is -0.0357 e. The molecule has 0 heteroatoms. The fourth-order valence-electron chi connectivity index (χ4n) is 1.12. The van der Waals surface area contributed by atoms with Crippen LogP contribution in [0.3, 0.4) is 0 Å². The molecule has 0 aromatic heterocycles. The van der Waals surface area contributed by atoms with Gasteiger partial charge in [0.25, 0.3) is 0 Å². The van der Waals surface area contributed by atoms with Crippen molar-refractivity contribution in [2.24, 2.45) is 17.3 Å². The van der Waals surface area contributed by atoms with Gasteiger partial charge in [-0.1, -0.05) is 48.0 Å². The van der Waals surface area contributed by atoms with Gasteiger partial charge in [-0.3, -0.25) is 0 Å². The first-order valence-electron chi connectivity index (χ1n) is 4.88. The van der Waals surface area contributed by atoms with Crippen molar-refractivity contribution in [3.8, 4) is 0 Å². The molecule has 0 amide bonds. The summed E-state index contributed by atoms with van der Waals surface area (Å²) >= 11 is 0. The quantitative estimate of drug-likeness (QED) is 0.577. The summed E-state index contributed by atoms with van der Waals surface area (Å²) in [7, 11) is 0. The lowest BCUT2D eigenvalue weighted by Gasteiger charge is -2.29. The second-order valence-corrected chi connectivity index (χ2v) is 5.02. The Hall–Kier alpha value is 0. The molecule has 0 aliphatic carbocycles. The summed E-state index contributed by atoms with van der Waals surface area (Å²) in [5.74, 6) is 1.74. The molecule has 0 aromatic carbocycles. The standard InChI is InChI=1S/C11H24/c1-7-9(2)8-10(3)11(4,5)6/h9-10H,7-8H2,1-6H3/t9-,10+/m1/s1. The zero-order valence-electron chi connectivity index (χ0n) is 9.07. The topological polar surface area (TPSA) is 0 Å². The molecule has 11 heavy (non-hydrogen) atoms. The average Bonchev–Trinajstić information content (AvgIpc) is 1.85. The molecule has 0 aromatic rings. The van der Waals surface area contributed by atoms with Crippen LogP contribution >= 0.6 is 0 Å². The van der Waals surface area contributed by atoms with E-state index in [1.165, 1.54) is 12.8 Å². The minimum atomic E-state index is 0.490. The van der Waals surface area contributed by atoms with Crippen LogP contribution in [0.2, 0.25) is 0 Å². The van der Waals surface area contributed by atoms with Gasteiger partial charge in [0.1, 0.15) is 0 Å². The molecule has 0 aliphatic rings. The molecule has 0 heterocycles. The lowest BCUT2D eigenvalue weighted by Crippen LogP contribution is -2.19. The van der Waals surface area contributed by atoms with Crippen LogP contribution in [-0.2, 0) is 0 Å². The first-order valence-corrected chi connectivity index (χ1v) is 4.88. The van der Waals surface area contributed by atoms with Gasteiger partial charge in [0.15, 0.2) is 0 Å². The van der Waals surface area contributed by atoms with Gasteiger partial charge in [0.05, 0.1) is 0 Å². The van der Waals surface area contributed by atoms with E-state index in [0.717, 1.165) is 11.8 Å². The van der Waals surface area contributed by atoms with Crippen molar-refractivity contribution < 1.29 is 0 Å². The Morgan fingerprint density at radius 2 is 1.55 bits per heavy atom. The third-order valence-corrected chi connectivity index (χ3v) is 2.93. The van der Waals surface area contributed by atoms with Gasteiger partial charge in [-0.2, -0.15) is 0 Å². The van der Waals surface area contributed by atoms with Gasteiger partial charge in [0, 0.05) is 0 Å². The molecule has 0 saturated heterocycles. The zero-order valence-corrected chi connectivity index (χ0v) is 9.07. The van der Waals surface area contributed by atoms with Crippen molar-refractivity contribution in [2.45, 2.75) is 54.4 Å². The van der Waals surface area contributed by atoms with Crippen LogP contribution in [0.15, 0.2) is 0 Å². The lowest BCUT2D eigenvalue weighted by atomic mass is 9.77. The Bertz CT molecular complexity index is 97.1. The van der Waals surface area contributed by atoms with Gasteiger partial charge >= 0.3 is 0 Å². The second-order valence-electron chi connectivity index (χ2n) is 5.02. The largest absolute Gasteiger partial charge is 0.0651 e. The molecule has 0 radical (unpaired) electrons. The summed E-state index contributed by atoms with van der Waals surface area (Å²) in [4.78, 5) is 0. The maximum absolute atomic E-state index is 2.37. The highest BCUT2D eigenvalue weighted by atomic mass is 14.3. The SMILES string of the molecule is CC[C@@H](C)C[C@H](C)C(C)(C)C. The second kappa shape index (κ2) is 4.13. The third kappa shape index (κ3) is 4.44. The van der Waals surface area contributed by atoms with Crippen LogP contribution in [0, 0.1) is 17.3 Å². The first kappa shape index (κ1) is 11.0. The fourth-order valence-corrected chi connectivity index (χ4v) is 1.12. The smallest absolute Gasteiger partial charge is 0.0357 e. The summed E-state index contributed by atoms with van der Waals surface area (Å²) in [5, 5.41) is 0. The highest BCUT2D eigenvalue weighted by molar-refractivity contribution is 4.71. The van der Waals surface area contributed by atoms with Crippen LogP contribution in [0.5, 0.6) is 0 Å². The monoisotopic (exact) mass is 156 g/mol. The van der Waals surface area contributed by atoms with E-state index in [2.05, 4.69) is 41.5 Å². The Morgan fingerprint density at radius 3 is 1.82 bits per heavy atom. The molecule has 0 fully saturated rings. The molecular weight excluding hydrogens is 132 g/mol. The normalized spacial score (nSPS) is 18.0. The van der Waals surface area contributed by atoms with E-state index in [1.807, 2.05) is 0 Å². The molecule has 0 spiro atoms. The van der Waals surface area contributed by atoms with Crippen molar-refractivity contribution in [2.75, 3.05) is 0 Å². The molecule has 0 unspecified atom stereocenters. The van der Waals surface area contributed by atoms with Crippen molar-refractivity contribution >= 4 is 0 Å². The number of hydrogen-bond acceptors (Lipinski definition) is 0. The molecule has 0 aliphatic heterocycles. The molecule has 0 saturated carbocycles. The summed E-state index contributed by atoms with van der Waals surface area (Å²) in [6.07, 6.45) is 2.69. The summed E-state index contributed by atoms with van der Waals surface area (Å²) < 4.78 is 0. The molecule has 0 nitrogen and oxygen atoms in total. The third-order valence-electron chi connectivity index (χ3n) is 2.93. The van der Waals surface area contributed by atoms with Crippen molar-refractivity contribution in [3.05, 3.63) is 0 Å². The van der Waals surface area contributed by atoms with Gasteiger partial charge in [0.2, 0.25) is 0 Å². The summed E-state index contributed by atoms with van der Waals surface area (Å²) in [5.41, 5.74) is 0.490. The molecule has 0 bridgehead atoms. The van der Waals surface area contributed by atoms with Crippen molar-refractivity contribution in [3.63, 3.8) is 0 Å². The molecule has 0 rings (SSSR count). The molecular formula is C11H24. The Labute approximate surface area is 72.4 Å². The predicted molar refractivity (Wildman–Crippen MR) is 52.7 cm³/mol. The Kier molecular flexibility index (Phi) is 4.13. The summed E-state index contributed by atoms with van der Waals surface area (Å²) in [6.45, 7) is 14.0. The van der Waals surface area contributed by atoms with E-state index in [0.29, 0.717) is 5.41 Å². The van der Waals surface area contributed by atoms with Gasteiger partial charge in [-0.15, -0.1) is 0 Å².